The summed E-state index contributed by atoms with van der Waals surface area (Å²) in [5, 5.41) is 9.10. The lowest BCUT2D eigenvalue weighted by Crippen LogP contribution is -2.35. The van der Waals surface area contributed by atoms with Crippen molar-refractivity contribution in [1.82, 2.24) is 14.2 Å². The summed E-state index contributed by atoms with van der Waals surface area (Å²) in [5.74, 6) is -0.319. The first-order chi connectivity index (χ1) is 17.9. The molecular weight excluding hydrogens is 484 g/mol. The first-order valence-electron chi connectivity index (χ1n) is 12.0. The highest BCUT2D eigenvalue weighted by molar-refractivity contribution is 6.30. The molecule has 0 saturated carbocycles. The number of nitrogens with one attached hydrogen (secondary N) is 1. The number of nitrogens with zero attached hydrogens (tertiary/aromatic N) is 3. The van der Waals surface area contributed by atoms with Crippen LogP contribution in [-0.4, -0.2) is 20.1 Å². The molecule has 1 N–H and O–H groups in total. The summed E-state index contributed by atoms with van der Waals surface area (Å²) < 4.78 is 3.26. The molecule has 1 unspecified atom stereocenters. The molecule has 0 aliphatic rings. The van der Waals surface area contributed by atoms with Gasteiger partial charge < -0.3 is 5.32 Å². The van der Waals surface area contributed by atoms with E-state index in [1.165, 1.54) is 0 Å². The molecule has 6 rings (SSSR count). The fourth-order valence-corrected chi connectivity index (χ4v) is 5.13. The smallest absolute Gasteiger partial charge is 0.278 e. The molecule has 0 fully saturated rings. The maximum atomic E-state index is 14.3. The predicted octanol–water partition coefficient (Wildman–Crippen LogP) is 6.30. The molecule has 37 heavy (non-hydrogen) atoms. The lowest BCUT2D eigenvalue weighted by atomic mass is 10.0. The number of para-hydroxylation sites is 3. The van der Waals surface area contributed by atoms with Crippen LogP contribution in [0.5, 0.6) is 0 Å². The van der Waals surface area contributed by atoms with Gasteiger partial charge in [0.15, 0.2) is 0 Å². The maximum absolute atomic E-state index is 14.3. The Hall–Kier alpha value is -4.42. The molecule has 1 amide bonds. The molecule has 2 heterocycles. The van der Waals surface area contributed by atoms with Crippen molar-refractivity contribution in [2.24, 2.45) is 0 Å². The molecule has 0 saturated heterocycles. The van der Waals surface area contributed by atoms with Gasteiger partial charge in [0, 0.05) is 16.1 Å². The molecule has 0 spiro atoms. The van der Waals surface area contributed by atoms with Crippen LogP contribution in [0.1, 0.15) is 22.7 Å². The highest BCUT2D eigenvalue weighted by Gasteiger charge is 2.28. The minimum Gasteiger partial charge on any atom is -0.323 e. The van der Waals surface area contributed by atoms with Gasteiger partial charge >= 0.3 is 0 Å². The van der Waals surface area contributed by atoms with Crippen molar-refractivity contribution in [3.8, 4) is 0 Å². The van der Waals surface area contributed by atoms with Gasteiger partial charge in [-0.15, -0.1) is 0 Å². The third-order valence-electron chi connectivity index (χ3n) is 6.79. The van der Waals surface area contributed by atoms with E-state index in [1.807, 2.05) is 80.6 Å². The summed E-state index contributed by atoms with van der Waals surface area (Å²) in [6, 6.07) is 27.0. The number of benzene rings is 4. The van der Waals surface area contributed by atoms with E-state index < -0.39 is 6.04 Å². The van der Waals surface area contributed by atoms with E-state index >= 15 is 0 Å². The zero-order chi connectivity index (χ0) is 25.7. The Morgan fingerprint density at radius 2 is 1.49 bits per heavy atom. The van der Waals surface area contributed by atoms with Crippen molar-refractivity contribution in [3.05, 3.63) is 123 Å². The molecule has 0 aliphatic heterocycles. The SMILES string of the molecule is Cc1cccc(C)c1NC(=O)C(c1ccc(Cl)cc1)n1c(=O)c2c3ccccc3nn2c2ccccc21. The minimum absolute atomic E-state index is 0.302. The van der Waals surface area contributed by atoms with Crippen LogP contribution >= 0.6 is 11.6 Å². The zero-order valence-corrected chi connectivity index (χ0v) is 21.0. The van der Waals surface area contributed by atoms with Crippen LogP contribution in [0.3, 0.4) is 0 Å². The Kier molecular flexibility index (Phi) is 5.54. The number of hydrogen-bond acceptors (Lipinski definition) is 3. The third-order valence-corrected chi connectivity index (χ3v) is 7.04. The maximum Gasteiger partial charge on any atom is 0.278 e. The molecule has 1 atom stereocenters. The number of aryl methyl sites for hydroxylation is 2. The molecule has 182 valence electrons. The normalized spacial score (nSPS) is 12.3. The van der Waals surface area contributed by atoms with Crippen molar-refractivity contribution >= 4 is 50.6 Å². The quantitative estimate of drug-likeness (QED) is 0.305. The van der Waals surface area contributed by atoms with Gasteiger partial charge in [-0.05, 0) is 60.9 Å². The van der Waals surface area contributed by atoms with Crippen LogP contribution in [0.25, 0.3) is 27.5 Å². The summed E-state index contributed by atoms with van der Waals surface area (Å²) in [4.78, 5) is 28.4. The molecule has 2 aromatic heterocycles. The second-order valence-electron chi connectivity index (χ2n) is 9.15. The number of carbonyl (C=O) groups is 1. The van der Waals surface area contributed by atoms with Gasteiger partial charge in [0.2, 0.25) is 0 Å². The van der Waals surface area contributed by atoms with E-state index in [1.54, 1.807) is 33.3 Å². The molecule has 0 radical (unpaired) electrons. The minimum atomic E-state index is -0.952. The Labute approximate surface area is 217 Å². The predicted molar refractivity (Wildman–Crippen MR) is 149 cm³/mol. The summed E-state index contributed by atoms with van der Waals surface area (Å²) in [6.45, 7) is 3.90. The van der Waals surface area contributed by atoms with E-state index in [0.29, 0.717) is 27.1 Å². The Balaban J connectivity index is 1.67. The molecular formula is C30H23ClN4O2. The van der Waals surface area contributed by atoms with Crippen LogP contribution in [0.4, 0.5) is 5.69 Å². The first kappa shape index (κ1) is 23.0. The number of amides is 1. The van der Waals surface area contributed by atoms with Gasteiger partial charge in [-0.2, -0.15) is 5.10 Å². The van der Waals surface area contributed by atoms with Crippen molar-refractivity contribution in [2.45, 2.75) is 19.9 Å². The average molecular weight is 507 g/mol. The van der Waals surface area contributed by atoms with E-state index in [-0.39, 0.29) is 11.5 Å². The average Bonchev–Trinajstić information content (AvgIpc) is 3.30. The van der Waals surface area contributed by atoms with Crippen LogP contribution < -0.4 is 10.9 Å². The van der Waals surface area contributed by atoms with Crippen LogP contribution in [-0.2, 0) is 4.79 Å². The van der Waals surface area contributed by atoms with Gasteiger partial charge in [-0.1, -0.05) is 72.3 Å². The van der Waals surface area contributed by atoms with Crippen molar-refractivity contribution in [2.75, 3.05) is 5.32 Å². The molecule has 6 aromatic rings. The van der Waals surface area contributed by atoms with Crippen LogP contribution in [0.2, 0.25) is 5.02 Å². The number of carbonyl (C=O) groups excluding carboxylic acids is 1. The topological polar surface area (TPSA) is 68.4 Å². The highest BCUT2D eigenvalue weighted by Crippen LogP contribution is 2.29. The number of aromatic nitrogens is 3. The highest BCUT2D eigenvalue weighted by atomic mass is 35.5. The lowest BCUT2D eigenvalue weighted by Gasteiger charge is -2.23. The van der Waals surface area contributed by atoms with Gasteiger partial charge in [-0.25, -0.2) is 4.52 Å². The largest absolute Gasteiger partial charge is 0.323 e. The van der Waals surface area contributed by atoms with Gasteiger partial charge in [-0.3, -0.25) is 14.2 Å². The van der Waals surface area contributed by atoms with Crippen molar-refractivity contribution < 1.29 is 4.79 Å². The number of anilines is 1. The summed E-state index contributed by atoms with van der Waals surface area (Å²) in [7, 11) is 0. The first-order valence-corrected chi connectivity index (χ1v) is 12.3. The molecule has 0 bridgehead atoms. The van der Waals surface area contributed by atoms with E-state index in [2.05, 4.69) is 5.32 Å². The molecule has 7 heteroatoms. The van der Waals surface area contributed by atoms with Gasteiger partial charge in [0.25, 0.3) is 11.5 Å². The molecule has 0 aliphatic carbocycles. The number of fused-ring (bicyclic) bond motifs is 5. The fourth-order valence-electron chi connectivity index (χ4n) is 5.01. The molecule has 4 aromatic carbocycles. The van der Waals surface area contributed by atoms with Gasteiger partial charge in [0.1, 0.15) is 11.6 Å². The van der Waals surface area contributed by atoms with Crippen molar-refractivity contribution in [3.63, 3.8) is 0 Å². The second-order valence-corrected chi connectivity index (χ2v) is 9.59. The monoisotopic (exact) mass is 506 g/mol. The van der Waals surface area contributed by atoms with E-state index in [9.17, 15) is 9.59 Å². The summed E-state index contributed by atoms with van der Waals surface area (Å²) >= 11 is 6.19. The summed E-state index contributed by atoms with van der Waals surface area (Å²) in [5.41, 5.74) is 5.43. The van der Waals surface area contributed by atoms with Crippen molar-refractivity contribution in [1.29, 1.82) is 0 Å². The molecule has 6 nitrogen and oxygen atoms in total. The number of halogens is 1. The van der Waals surface area contributed by atoms with E-state index in [0.717, 1.165) is 27.7 Å². The second kappa shape index (κ2) is 8.91. The third kappa shape index (κ3) is 3.77. The number of hydrogen-bond donors (Lipinski definition) is 1. The Morgan fingerprint density at radius 1 is 0.838 bits per heavy atom. The number of rotatable bonds is 4. The Bertz CT molecular complexity index is 1870. The van der Waals surface area contributed by atoms with Crippen LogP contribution in [0.15, 0.2) is 95.8 Å². The van der Waals surface area contributed by atoms with E-state index in [4.69, 9.17) is 16.7 Å². The Morgan fingerprint density at radius 3 is 2.22 bits per heavy atom. The summed E-state index contributed by atoms with van der Waals surface area (Å²) in [6.07, 6.45) is 0. The van der Waals surface area contributed by atoms with Gasteiger partial charge in [0.05, 0.1) is 16.6 Å². The van der Waals surface area contributed by atoms with Crippen LogP contribution in [0, 0.1) is 13.8 Å². The fraction of sp³-hybridized carbons (Fsp3) is 0.100. The standard InChI is InChI=1S/C30H23ClN4O2/c1-18-8-7-9-19(2)26(18)32-29(36)27(20-14-16-21(31)17-15-20)34-24-12-5-6-13-25(24)35-28(30(34)37)22-10-3-4-11-23(22)33-35/h3-17,27H,1-2H3,(H,32,36). The zero-order valence-electron chi connectivity index (χ0n) is 20.3. The lowest BCUT2D eigenvalue weighted by molar-refractivity contribution is -0.118.